The second kappa shape index (κ2) is 7.92. The van der Waals surface area contributed by atoms with Gasteiger partial charge in [0.2, 0.25) is 5.91 Å². The number of primary amides is 1. The molecule has 0 aromatic rings. The van der Waals surface area contributed by atoms with Crippen LogP contribution in [0.15, 0.2) is 0 Å². The van der Waals surface area contributed by atoms with Crippen molar-refractivity contribution in [3.63, 3.8) is 0 Å². The van der Waals surface area contributed by atoms with Crippen molar-refractivity contribution in [1.29, 1.82) is 0 Å². The molecule has 0 saturated heterocycles. The number of carbonyl (C=O) groups is 2. The highest BCUT2D eigenvalue weighted by molar-refractivity contribution is 5.81. The molecule has 0 aromatic heterocycles. The molecule has 3 amide bonds. The summed E-state index contributed by atoms with van der Waals surface area (Å²) in [6.07, 6.45) is 1.57. The molecule has 6 heteroatoms. The second-order valence-corrected chi connectivity index (χ2v) is 4.06. The summed E-state index contributed by atoms with van der Waals surface area (Å²) in [7, 11) is 0. The fraction of sp³-hybridized carbons (Fsp3) is 0.800. The number of nitrogens with one attached hydrogen (secondary N) is 2. The van der Waals surface area contributed by atoms with Crippen LogP contribution in [0, 0.1) is 5.92 Å². The molecule has 1 atom stereocenters. The van der Waals surface area contributed by atoms with Gasteiger partial charge in [0.25, 0.3) is 0 Å². The van der Waals surface area contributed by atoms with Crippen LogP contribution in [0.1, 0.15) is 26.7 Å². The zero-order chi connectivity index (χ0) is 12.6. The molecule has 0 aliphatic carbocycles. The van der Waals surface area contributed by atoms with Gasteiger partial charge in [-0.1, -0.05) is 13.8 Å². The zero-order valence-corrected chi connectivity index (χ0v) is 9.95. The van der Waals surface area contributed by atoms with Crippen molar-refractivity contribution < 1.29 is 9.59 Å². The third kappa shape index (κ3) is 7.05. The van der Waals surface area contributed by atoms with Crippen LogP contribution in [0.2, 0.25) is 0 Å². The molecular weight excluding hydrogens is 208 g/mol. The van der Waals surface area contributed by atoms with Crippen molar-refractivity contribution in [1.82, 2.24) is 10.6 Å². The van der Waals surface area contributed by atoms with Gasteiger partial charge in [-0.15, -0.1) is 0 Å². The van der Waals surface area contributed by atoms with E-state index < -0.39 is 12.1 Å². The Bertz CT molecular complexity index is 231. The Kier molecular flexibility index (Phi) is 7.28. The summed E-state index contributed by atoms with van der Waals surface area (Å²) in [5.74, 6) is 0.00869. The first-order valence-corrected chi connectivity index (χ1v) is 5.51. The van der Waals surface area contributed by atoms with Crippen molar-refractivity contribution >= 4 is 11.9 Å². The number of hydrogen-bond acceptors (Lipinski definition) is 3. The molecule has 0 aliphatic rings. The molecule has 0 aromatic carbocycles. The maximum absolute atomic E-state index is 11.4. The van der Waals surface area contributed by atoms with E-state index in [-0.39, 0.29) is 11.8 Å². The summed E-state index contributed by atoms with van der Waals surface area (Å²) in [6, 6.07) is -0.977. The van der Waals surface area contributed by atoms with E-state index in [9.17, 15) is 9.59 Å². The number of rotatable bonds is 7. The SMILES string of the molecule is CC(C)C(N)C(=O)NCCCCNC(N)=O. The minimum absolute atomic E-state index is 0.127. The van der Waals surface area contributed by atoms with E-state index in [1.807, 2.05) is 13.8 Å². The van der Waals surface area contributed by atoms with E-state index in [2.05, 4.69) is 10.6 Å². The van der Waals surface area contributed by atoms with Gasteiger partial charge in [-0.3, -0.25) is 4.79 Å². The number of amides is 3. The number of unbranched alkanes of at least 4 members (excludes halogenated alkanes) is 1. The van der Waals surface area contributed by atoms with Gasteiger partial charge < -0.3 is 22.1 Å². The number of hydrogen-bond donors (Lipinski definition) is 4. The largest absolute Gasteiger partial charge is 0.355 e. The molecular formula is C10H22N4O2. The molecule has 0 saturated carbocycles. The predicted molar refractivity (Wildman–Crippen MR) is 62.6 cm³/mol. The van der Waals surface area contributed by atoms with E-state index in [0.29, 0.717) is 13.1 Å². The quantitative estimate of drug-likeness (QED) is 0.444. The molecule has 0 radical (unpaired) electrons. The first kappa shape index (κ1) is 14.7. The molecule has 0 rings (SSSR count). The van der Waals surface area contributed by atoms with Crippen LogP contribution in [-0.4, -0.2) is 31.1 Å². The van der Waals surface area contributed by atoms with Gasteiger partial charge in [0.1, 0.15) is 0 Å². The summed E-state index contributed by atoms with van der Waals surface area (Å²) in [5.41, 5.74) is 10.5. The van der Waals surface area contributed by atoms with Gasteiger partial charge in [-0.2, -0.15) is 0 Å². The van der Waals surface area contributed by atoms with Gasteiger partial charge in [-0.05, 0) is 18.8 Å². The van der Waals surface area contributed by atoms with Crippen LogP contribution >= 0.6 is 0 Å². The lowest BCUT2D eigenvalue weighted by molar-refractivity contribution is -0.123. The Morgan fingerprint density at radius 2 is 1.62 bits per heavy atom. The summed E-state index contributed by atoms with van der Waals surface area (Å²) in [5, 5.41) is 5.22. The molecule has 1 unspecified atom stereocenters. The number of nitrogens with two attached hydrogens (primary N) is 2. The van der Waals surface area contributed by atoms with Crippen LogP contribution in [0.25, 0.3) is 0 Å². The first-order chi connectivity index (χ1) is 7.45. The highest BCUT2D eigenvalue weighted by Gasteiger charge is 2.15. The van der Waals surface area contributed by atoms with E-state index in [0.717, 1.165) is 12.8 Å². The third-order valence-electron chi connectivity index (χ3n) is 2.22. The first-order valence-electron chi connectivity index (χ1n) is 5.51. The molecule has 0 bridgehead atoms. The minimum atomic E-state index is -0.522. The summed E-state index contributed by atoms with van der Waals surface area (Å²) in [6.45, 7) is 4.91. The van der Waals surface area contributed by atoms with Crippen LogP contribution in [-0.2, 0) is 4.79 Å². The van der Waals surface area contributed by atoms with Crippen LogP contribution < -0.4 is 22.1 Å². The minimum Gasteiger partial charge on any atom is -0.355 e. The highest BCUT2D eigenvalue weighted by Crippen LogP contribution is 1.97. The average Bonchev–Trinajstić information content (AvgIpc) is 2.21. The monoisotopic (exact) mass is 230 g/mol. The molecule has 6 nitrogen and oxygen atoms in total. The Morgan fingerprint density at radius 1 is 1.12 bits per heavy atom. The lowest BCUT2D eigenvalue weighted by atomic mass is 10.1. The molecule has 94 valence electrons. The maximum atomic E-state index is 11.4. The van der Waals surface area contributed by atoms with E-state index >= 15 is 0 Å². The van der Waals surface area contributed by atoms with Crippen molar-refractivity contribution in [2.75, 3.05) is 13.1 Å². The van der Waals surface area contributed by atoms with E-state index in [1.54, 1.807) is 0 Å². The van der Waals surface area contributed by atoms with Crippen LogP contribution in [0.4, 0.5) is 4.79 Å². The smallest absolute Gasteiger partial charge is 0.312 e. The summed E-state index contributed by atoms with van der Waals surface area (Å²) in [4.78, 5) is 21.7. The fourth-order valence-electron chi connectivity index (χ4n) is 1.09. The lowest BCUT2D eigenvalue weighted by Gasteiger charge is -2.15. The van der Waals surface area contributed by atoms with E-state index in [4.69, 9.17) is 11.5 Å². The van der Waals surface area contributed by atoms with Gasteiger partial charge in [-0.25, -0.2) is 4.79 Å². The Labute approximate surface area is 96.1 Å². The molecule has 16 heavy (non-hydrogen) atoms. The Balaban J connectivity index is 3.45. The molecule has 0 heterocycles. The summed E-state index contributed by atoms with van der Waals surface area (Å²) >= 11 is 0. The highest BCUT2D eigenvalue weighted by atomic mass is 16.2. The van der Waals surface area contributed by atoms with Gasteiger partial charge >= 0.3 is 6.03 Å². The second-order valence-electron chi connectivity index (χ2n) is 4.06. The van der Waals surface area contributed by atoms with Gasteiger partial charge in [0, 0.05) is 13.1 Å². The molecule has 6 N–H and O–H groups in total. The molecule has 0 spiro atoms. The van der Waals surface area contributed by atoms with Gasteiger partial charge in [0.15, 0.2) is 0 Å². The third-order valence-corrected chi connectivity index (χ3v) is 2.22. The normalized spacial score (nSPS) is 12.2. The lowest BCUT2D eigenvalue weighted by Crippen LogP contribution is -2.44. The van der Waals surface area contributed by atoms with Crippen molar-refractivity contribution in [3.05, 3.63) is 0 Å². The number of carbonyl (C=O) groups excluding carboxylic acids is 2. The van der Waals surface area contributed by atoms with Gasteiger partial charge in [0.05, 0.1) is 6.04 Å². The van der Waals surface area contributed by atoms with Crippen molar-refractivity contribution in [2.45, 2.75) is 32.7 Å². The molecule has 0 fully saturated rings. The average molecular weight is 230 g/mol. The molecule has 0 aliphatic heterocycles. The zero-order valence-electron chi connectivity index (χ0n) is 9.95. The Morgan fingerprint density at radius 3 is 2.06 bits per heavy atom. The van der Waals surface area contributed by atoms with E-state index in [1.165, 1.54) is 0 Å². The van der Waals surface area contributed by atoms with Crippen LogP contribution in [0.3, 0.4) is 0 Å². The predicted octanol–water partition coefficient (Wildman–Crippen LogP) is -0.466. The van der Waals surface area contributed by atoms with Crippen molar-refractivity contribution in [3.8, 4) is 0 Å². The Hall–Kier alpha value is -1.30. The van der Waals surface area contributed by atoms with Crippen molar-refractivity contribution in [2.24, 2.45) is 17.4 Å². The maximum Gasteiger partial charge on any atom is 0.312 e. The standard InChI is InChI=1S/C10H22N4O2/c1-7(2)8(11)9(15)13-5-3-4-6-14-10(12)16/h7-8H,3-6,11H2,1-2H3,(H,13,15)(H3,12,14,16). The fourth-order valence-corrected chi connectivity index (χ4v) is 1.09. The van der Waals surface area contributed by atoms with Crippen LogP contribution in [0.5, 0.6) is 0 Å². The summed E-state index contributed by atoms with van der Waals surface area (Å²) < 4.78 is 0. The topological polar surface area (TPSA) is 110 Å². The number of urea groups is 1.